The van der Waals surface area contributed by atoms with Crippen LogP contribution in [-0.4, -0.2) is 45.7 Å². The Morgan fingerprint density at radius 2 is 1.81 bits per heavy atom. The van der Waals surface area contributed by atoms with Gasteiger partial charge in [0.05, 0.1) is 26.8 Å². The second-order valence-corrected chi connectivity index (χ2v) is 10.8. The highest BCUT2D eigenvalue weighted by Gasteiger charge is 2.27. The van der Waals surface area contributed by atoms with Gasteiger partial charge in [0.25, 0.3) is 0 Å². The number of hydrogen-bond donors (Lipinski definition) is 1. The number of thiophene rings is 1. The molecule has 1 unspecified atom stereocenters. The minimum Gasteiger partial charge on any atom is -0.497 e. The Balaban J connectivity index is 1.35. The Labute approximate surface area is 223 Å². The van der Waals surface area contributed by atoms with E-state index in [1.165, 1.54) is 32.4 Å². The number of methoxy groups -OCH3 is 1. The Morgan fingerprint density at radius 3 is 2.51 bits per heavy atom. The van der Waals surface area contributed by atoms with E-state index >= 15 is 0 Å². The number of rotatable bonds is 10. The highest BCUT2D eigenvalue weighted by molar-refractivity contribution is 7.22. The first-order valence-corrected chi connectivity index (χ1v) is 14.2. The molecule has 1 aliphatic carbocycles. The lowest BCUT2D eigenvalue weighted by atomic mass is 9.89. The molecular formula is C31H36NO4S+. The van der Waals surface area contributed by atoms with Gasteiger partial charge in [-0.15, -0.1) is 11.3 Å². The van der Waals surface area contributed by atoms with E-state index < -0.39 is 0 Å². The quantitative estimate of drug-likeness (QED) is 0.350. The van der Waals surface area contributed by atoms with Crippen molar-refractivity contribution < 1.29 is 23.9 Å². The molecule has 1 aromatic heterocycles. The summed E-state index contributed by atoms with van der Waals surface area (Å²) in [5.74, 6) is 2.44. The van der Waals surface area contributed by atoms with Crippen molar-refractivity contribution in [1.29, 1.82) is 0 Å². The van der Waals surface area contributed by atoms with Gasteiger partial charge < -0.3 is 19.1 Å². The van der Waals surface area contributed by atoms with Crippen LogP contribution in [0.3, 0.4) is 0 Å². The number of allylic oxidation sites excluding steroid dienone is 3. The summed E-state index contributed by atoms with van der Waals surface area (Å²) in [5, 5.41) is 0.980. The third-order valence-electron chi connectivity index (χ3n) is 7.26. The topological polar surface area (TPSA) is 49.2 Å². The molecule has 2 heterocycles. The molecule has 0 spiro atoms. The van der Waals surface area contributed by atoms with E-state index in [1.54, 1.807) is 23.3 Å². The molecule has 5 nitrogen and oxygen atoms in total. The maximum absolute atomic E-state index is 14.0. The average Bonchev–Trinajstić information content (AvgIpc) is 3.32. The van der Waals surface area contributed by atoms with Gasteiger partial charge >= 0.3 is 0 Å². The molecule has 37 heavy (non-hydrogen) atoms. The fourth-order valence-electron chi connectivity index (χ4n) is 5.23. The molecule has 2 aromatic carbocycles. The van der Waals surface area contributed by atoms with Crippen molar-refractivity contribution in [2.45, 2.75) is 32.6 Å². The minimum absolute atomic E-state index is 0.144. The van der Waals surface area contributed by atoms with Crippen LogP contribution in [-0.2, 0) is 4.74 Å². The van der Waals surface area contributed by atoms with Gasteiger partial charge in [-0.3, -0.25) is 4.79 Å². The van der Waals surface area contributed by atoms with Gasteiger partial charge in [0, 0.05) is 26.4 Å². The number of fused-ring (bicyclic) bond motifs is 1. The van der Waals surface area contributed by atoms with Crippen LogP contribution in [0.15, 0.2) is 66.5 Å². The van der Waals surface area contributed by atoms with Crippen molar-refractivity contribution >= 4 is 27.2 Å². The zero-order valence-corrected chi connectivity index (χ0v) is 22.6. The minimum atomic E-state index is -0.207. The number of benzene rings is 2. The molecule has 0 amide bonds. The van der Waals surface area contributed by atoms with Crippen molar-refractivity contribution in [2.24, 2.45) is 5.92 Å². The lowest BCUT2D eigenvalue weighted by Gasteiger charge is -2.24. The molecular weight excluding hydrogens is 482 g/mol. The standard InChI is InChI=1S/C31H35NO4S/c1-3-35-26-15-16-27-28(21-26)37-31(23-9-11-24(34-2)12-10-23)29(27)30(33)22-7-13-25(14-8-22)36-20-19-32-17-5-4-6-18-32/h7,9-16,21-22H,3-6,8,17-20H2,1-2H3/p+1. The Morgan fingerprint density at radius 1 is 1.03 bits per heavy atom. The monoisotopic (exact) mass is 518 g/mol. The van der Waals surface area contributed by atoms with Gasteiger partial charge in [-0.2, -0.15) is 0 Å². The predicted octanol–water partition coefficient (Wildman–Crippen LogP) is 5.70. The number of piperidine rings is 1. The maximum atomic E-state index is 14.0. The number of nitrogens with one attached hydrogen (secondary N) is 1. The molecule has 6 heteroatoms. The van der Waals surface area contributed by atoms with Crippen molar-refractivity contribution in [2.75, 3.05) is 40.0 Å². The van der Waals surface area contributed by atoms with E-state index in [1.807, 2.05) is 61.5 Å². The van der Waals surface area contributed by atoms with Gasteiger partial charge in [0.1, 0.15) is 30.4 Å². The van der Waals surface area contributed by atoms with Gasteiger partial charge in [-0.1, -0.05) is 6.08 Å². The Hall–Kier alpha value is -3.09. The SMILES string of the molecule is CCOc1ccc2c(C(=O)C3C=CC(OCC[NH+]4CCCCC4)=CC3)c(-c3ccc(OC)cc3)sc2c1. The van der Waals surface area contributed by atoms with E-state index in [0.29, 0.717) is 13.0 Å². The number of quaternary nitrogens is 1. The second kappa shape index (κ2) is 12.0. The molecule has 0 saturated carbocycles. The zero-order valence-electron chi connectivity index (χ0n) is 21.8. The summed E-state index contributed by atoms with van der Waals surface area (Å²) in [4.78, 5) is 16.6. The summed E-state index contributed by atoms with van der Waals surface area (Å²) in [6, 6.07) is 14.0. The van der Waals surface area contributed by atoms with Crippen LogP contribution in [0.2, 0.25) is 0 Å². The molecule has 1 N–H and O–H groups in total. The Kier molecular flexibility index (Phi) is 8.27. The van der Waals surface area contributed by atoms with Crippen molar-refractivity contribution in [3.8, 4) is 21.9 Å². The van der Waals surface area contributed by atoms with Gasteiger partial charge in [-0.25, -0.2) is 0 Å². The number of carbonyl (C=O) groups is 1. The van der Waals surface area contributed by atoms with Gasteiger partial charge in [0.2, 0.25) is 0 Å². The van der Waals surface area contributed by atoms with E-state index in [-0.39, 0.29) is 11.7 Å². The van der Waals surface area contributed by atoms with Gasteiger partial charge in [0.15, 0.2) is 5.78 Å². The van der Waals surface area contributed by atoms with E-state index in [4.69, 9.17) is 14.2 Å². The highest BCUT2D eigenvalue weighted by Crippen LogP contribution is 2.42. The lowest BCUT2D eigenvalue weighted by Crippen LogP contribution is -3.13. The fraction of sp³-hybridized carbons (Fsp3) is 0.387. The van der Waals surface area contributed by atoms with Crippen molar-refractivity contribution in [3.63, 3.8) is 0 Å². The predicted molar refractivity (Wildman–Crippen MR) is 150 cm³/mol. The van der Waals surface area contributed by atoms with Gasteiger partial charge in [-0.05, 0) is 92.8 Å². The molecule has 1 fully saturated rings. The van der Waals surface area contributed by atoms with Crippen LogP contribution in [0.4, 0.5) is 0 Å². The third kappa shape index (κ3) is 5.91. The number of Topliss-reactive ketones (excluding diaryl/α,β-unsaturated/α-hetero) is 1. The number of hydrogen-bond acceptors (Lipinski definition) is 5. The maximum Gasteiger partial charge on any atom is 0.172 e. The molecule has 5 rings (SSSR count). The summed E-state index contributed by atoms with van der Waals surface area (Å²) >= 11 is 1.64. The summed E-state index contributed by atoms with van der Waals surface area (Å²) < 4.78 is 18.2. The summed E-state index contributed by atoms with van der Waals surface area (Å²) in [6.07, 6.45) is 10.7. The van der Waals surface area contributed by atoms with Crippen molar-refractivity contribution in [3.05, 3.63) is 72.0 Å². The molecule has 0 bridgehead atoms. The second-order valence-electron chi connectivity index (χ2n) is 9.71. The molecule has 0 radical (unpaired) electrons. The molecule has 3 aromatic rings. The summed E-state index contributed by atoms with van der Waals surface area (Å²) in [5.41, 5.74) is 1.80. The number of ketones is 1. The summed E-state index contributed by atoms with van der Waals surface area (Å²) in [7, 11) is 1.66. The van der Waals surface area contributed by atoms with Crippen LogP contribution < -0.4 is 14.4 Å². The highest BCUT2D eigenvalue weighted by atomic mass is 32.1. The third-order valence-corrected chi connectivity index (χ3v) is 8.46. The molecule has 1 saturated heterocycles. The zero-order chi connectivity index (χ0) is 25.6. The molecule has 194 valence electrons. The van der Waals surface area contributed by atoms with Crippen LogP contribution in [0.5, 0.6) is 11.5 Å². The van der Waals surface area contributed by atoms with Crippen molar-refractivity contribution in [1.82, 2.24) is 0 Å². The molecule has 1 atom stereocenters. The first-order valence-electron chi connectivity index (χ1n) is 13.4. The normalized spacial score (nSPS) is 18.0. The molecule has 1 aliphatic heterocycles. The number of ether oxygens (including phenoxy) is 3. The number of carbonyl (C=O) groups excluding carboxylic acids is 1. The van der Waals surface area contributed by atoms with Crippen LogP contribution >= 0.6 is 11.3 Å². The van der Waals surface area contributed by atoms with E-state index in [2.05, 4.69) is 6.08 Å². The average molecular weight is 519 g/mol. The first-order chi connectivity index (χ1) is 18.2. The lowest BCUT2D eigenvalue weighted by molar-refractivity contribution is -0.905. The van der Waals surface area contributed by atoms with Crippen LogP contribution in [0, 0.1) is 5.92 Å². The first kappa shape index (κ1) is 25.6. The largest absolute Gasteiger partial charge is 0.497 e. The Bertz CT molecular complexity index is 1280. The smallest absolute Gasteiger partial charge is 0.172 e. The molecule has 2 aliphatic rings. The van der Waals surface area contributed by atoms with Crippen LogP contribution in [0.1, 0.15) is 43.0 Å². The fourth-order valence-corrected chi connectivity index (χ4v) is 6.47. The number of likely N-dealkylation sites (tertiary alicyclic amines) is 1. The van der Waals surface area contributed by atoms with E-state index in [0.717, 1.165) is 56.5 Å². The van der Waals surface area contributed by atoms with E-state index in [9.17, 15) is 4.79 Å². The summed E-state index contributed by atoms with van der Waals surface area (Å²) in [6.45, 7) is 6.87. The van der Waals surface area contributed by atoms with Crippen LogP contribution in [0.25, 0.3) is 20.5 Å².